The molecule has 158 valence electrons. The largest absolute Gasteiger partial charge is 0.487 e. The second kappa shape index (κ2) is 7.02. The summed E-state index contributed by atoms with van der Waals surface area (Å²) in [5.41, 5.74) is 1.37. The van der Waals surface area contributed by atoms with Crippen LogP contribution in [0.25, 0.3) is 0 Å². The molecular weight excluding hydrogens is 378 g/mol. The number of anilines is 1. The molecule has 0 unspecified atom stereocenters. The van der Waals surface area contributed by atoms with Crippen molar-refractivity contribution in [2.24, 2.45) is 23.2 Å². The van der Waals surface area contributed by atoms with Crippen molar-refractivity contribution in [3.8, 4) is 5.75 Å². The molecule has 5 rings (SSSR count). The lowest BCUT2D eigenvalue weighted by atomic mass is 9.50. The van der Waals surface area contributed by atoms with Crippen molar-refractivity contribution in [3.05, 3.63) is 60.2 Å². The quantitative estimate of drug-likeness (QED) is 0.736. The van der Waals surface area contributed by atoms with Crippen LogP contribution in [0, 0.1) is 23.2 Å². The summed E-state index contributed by atoms with van der Waals surface area (Å²) in [6.07, 6.45) is 0.518. The molecule has 1 aliphatic carbocycles. The molecule has 2 aromatic carbocycles. The summed E-state index contributed by atoms with van der Waals surface area (Å²) in [4.78, 5) is 12.4. The molecule has 5 heteroatoms. The zero-order valence-electron chi connectivity index (χ0n) is 17.8. The van der Waals surface area contributed by atoms with Crippen molar-refractivity contribution in [1.29, 1.82) is 0 Å². The first-order chi connectivity index (χ1) is 14.4. The molecule has 6 atom stereocenters. The third-order valence-corrected chi connectivity index (χ3v) is 7.76. The number of rotatable bonds is 3. The summed E-state index contributed by atoms with van der Waals surface area (Å²) in [5, 5.41) is 2.82. The zero-order valence-corrected chi connectivity index (χ0v) is 17.8. The van der Waals surface area contributed by atoms with Crippen molar-refractivity contribution in [1.82, 2.24) is 0 Å². The molecule has 2 bridgehead atoms. The fraction of sp³-hybridized carbons (Fsp3) is 0.480. The van der Waals surface area contributed by atoms with E-state index in [4.69, 9.17) is 14.2 Å². The monoisotopic (exact) mass is 407 g/mol. The number of benzene rings is 2. The summed E-state index contributed by atoms with van der Waals surface area (Å²) >= 11 is 0. The third-order valence-electron chi connectivity index (χ3n) is 7.76. The number of ether oxygens (including phenoxy) is 3. The molecule has 2 aromatic rings. The van der Waals surface area contributed by atoms with E-state index in [0.717, 1.165) is 23.4 Å². The fourth-order valence-corrected chi connectivity index (χ4v) is 6.13. The number of hydrogen-bond acceptors (Lipinski definition) is 4. The Morgan fingerprint density at radius 2 is 1.87 bits per heavy atom. The molecule has 2 heterocycles. The summed E-state index contributed by atoms with van der Waals surface area (Å²) in [6, 6.07) is 17.6. The SMILES string of the molecule is C[C@H]1C[C@@]2(C)Oc3ccccc3[C@H]3OC[C@]1(COC(=O)Nc1ccccc1)[C@@H](C)[C@@H]32. The van der Waals surface area contributed by atoms with Crippen molar-refractivity contribution < 1.29 is 19.0 Å². The van der Waals surface area contributed by atoms with Crippen molar-refractivity contribution >= 4 is 11.8 Å². The van der Waals surface area contributed by atoms with Gasteiger partial charge in [-0.15, -0.1) is 0 Å². The molecule has 1 amide bonds. The van der Waals surface area contributed by atoms with E-state index in [2.05, 4.69) is 32.2 Å². The number of carbonyl (C=O) groups excluding carboxylic acids is 1. The Hall–Kier alpha value is -2.53. The average molecular weight is 408 g/mol. The molecule has 1 saturated carbocycles. The van der Waals surface area contributed by atoms with Gasteiger partial charge in [-0.2, -0.15) is 0 Å². The first kappa shape index (κ1) is 19.4. The molecule has 30 heavy (non-hydrogen) atoms. The summed E-state index contributed by atoms with van der Waals surface area (Å²) < 4.78 is 18.8. The maximum absolute atomic E-state index is 12.4. The van der Waals surface area contributed by atoms with Gasteiger partial charge in [0.25, 0.3) is 0 Å². The molecule has 0 aromatic heterocycles. The van der Waals surface area contributed by atoms with Crippen molar-refractivity contribution in [2.45, 2.75) is 38.9 Å². The maximum Gasteiger partial charge on any atom is 0.411 e. The van der Waals surface area contributed by atoms with Crippen LogP contribution >= 0.6 is 0 Å². The normalized spacial score (nSPS) is 36.2. The molecule has 2 fully saturated rings. The van der Waals surface area contributed by atoms with Crippen molar-refractivity contribution in [3.63, 3.8) is 0 Å². The van der Waals surface area contributed by atoms with E-state index in [-0.39, 0.29) is 23.0 Å². The lowest BCUT2D eigenvalue weighted by molar-refractivity contribution is -0.259. The van der Waals surface area contributed by atoms with Gasteiger partial charge in [-0.1, -0.05) is 50.2 Å². The standard InChI is InChI=1S/C25H29NO4/c1-16-13-24(3)21-17(2)25(16,15-29-23(27)26-18-9-5-4-6-10-18)14-28-22(21)19-11-7-8-12-20(19)30-24/h4-12,16-17,21-22H,13-15H2,1-3H3,(H,26,27)/t16-,17-,21-,22+,24+,25+/m0/s1. The van der Waals surface area contributed by atoms with E-state index in [1.54, 1.807) is 0 Å². The van der Waals surface area contributed by atoms with Gasteiger partial charge in [0.15, 0.2) is 0 Å². The lowest BCUT2D eigenvalue weighted by Gasteiger charge is -2.63. The molecule has 3 aliphatic rings. The Labute approximate surface area is 177 Å². The van der Waals surface area contributed by atoms with Crippen LogP contribution in [0.5, 0.6) is 5.75 Å². The van der Waals surface area contributed by atoms with Crippen LogP contribution in [0.1, 0.15) is 38.9 Å². The minimum atomic E-state index is -0.421. The second-order valence-corrected chi connectivity index (χ2v) is 9.40. The van der Waals surface area contributed by atoms with E-state index in [1.165, 1.54) is 0 Å². The Morgan fingerprint density at radius 1 is 1.13 bits per heavy atom. The highest BCUT2D eigenvalue weighted by molar-refractivity contribution is 5.84. The number of hydrogen-bond donors (Lipinski definition) is 1. The number of para-hydroxylation sites is 2. The molecule has 2 aliphatic heterocycles. The predicted octanol–water partition coefficient (Wildman–Crippen LogP) is 5.44. The average Bonchev–Trinajstić information content (AvgIpc) is 2.73. The molecule has 5 nitrogen and oxygen atoms in total. The van der Waals surface area contributed by atoms with Crippen LogP contribution in [0.4, 0.5) is 10.5 Å². The van der Waals surface area contributed by atoms with Crippen LogP contribution < -0.4 is 10.1 Å². The lowest BCUT2D eigenvalue weighted by Crippen LogP contribution is -2.66. The molecule has 0 radical (unpaired) electrons. The van der Waals surface area contributed by atoms with Gasteiger partial charge in [0, 0.05) is 22.6 Å². The number of fused-ring (bicyclic) bond motifs is 3. The minimum Gasteiger partial charge on any atom is -0.487 e. The highest BCUT2D eigenvalue weighted by Crippen LogP contribution is 2.63. The van der Waals surface area contributed by atoms with Gasteiger partial charge < -0.3 is 14.2 Å². The van der Waals surface area contributed by atoms with Gasteiger partial charge in [0.2, 0.25) is 0 Å². The number of amides is 1. The summed E-state index contributed by atoms with van der Waals surface area (Å²) in [6.45, 7) is 7.66. The van der Waals surface area contributed by atoms with Crippen molar-refractivity contribution in [2.75, 3.05) is 18.5 Å². The van der Waals surface area contributed by atoms with Crippen LogP contribution in [0.15, 0.2) is 54.6 Å². The highest BCUT2D eigenvalue weighted by atomic mass is 16.6. The fourth-order valence-electron chi connectivity index (χ4n) is 6.13. The Kier molecular flexibility index (Phi) is 4.55. The van der Waals surface area contributed by atoms with Gasteiger partial charge in [0.1, 0.15) is 18.0 Å². The van der Waals surface area contributed by atoms with Gasteiger partial charge in [-0.3, -0.25) is 5.32 Å². The molecular formula is C25H29NO4. The van der Waals surface area contributed by atoms with Crippen LogP contribution in [-0.2, 0) is 9.47 Å². The molecule has 1 saturated heterocycles. The van der Waals surface area contributed by atoms with Crippen LogP contribution in [0.2, 0.25) is 0 Å². The van der Waals surface area contributed by atoms with Gasteiger partial charge in [-0.25, -0.2) is 4.79 Å². The first-order valence-corrected chi connectivity index (χ1v) is 10.8. The van der Waals surface area contributed by atoms with Crippen LogP contribution in [0.3, 0.4) is 0 Å². The summed E-state index contributed by atoms with van der Waals surface area (Å²) in [5.74, 6) is 1.75. The van der Waals surface area contributed by atoms with Gasteiger partial charge >= 0.3 is 6.09 Å². The van der Waals surface area contributed by atoms with E-state index in [0.29, 0.717) is 25.0 Å². The van der Waals surface area contributed by atoms with E-state index < -0.39 is 6.09 Å². The number of carbonyl (C=O) groups is 1. The summed E-state index contributed by atoms with van der Waals surface area (Å²) in [7, 11) is 0. The maximum atomic E-state index is 12.4. The molecule has 1 N–H and O–H groups in total. The molecule has 0 spiro atoms. The van der Waals surface area contributed by atoms with E-state index in [1.807, 2.05) is 48.5 Å². The zero-order chi connectivity index (χ0) is 20.9. The smallest absolute Gasteiger partial charge is 0.411 e. The Bertz CT molecular complexity index is 947. The van der Waals surface area contributed by atoms with Crippen LogP contribution in [-0.4, -0.2) is 24.9 Å². The Morgan fingerprint density at radius 3 is 2.67 bits per heavy atom. The third kappa shape index (κ3) is 2.90. The Balaban J connectivity index is 1.38. The van der Waals surface area contributed by atoms with Gasteiger partial charge in [0.05, 0.1) is 12.7 Å². The topological polar surface area (TPSA) is 56.8 Å². The highest BCUT2D eigenvalue weighted by Gasteiger charge is 2.64. The first-order valence-electron chi connectivity index (χ1n) is 10.8. The second-order valence-electron chi connectivity index (χ2n) is 9.40. The van der Waals surface area contributed by atoms with Gasteiger partial charge in [-0.05, 0) is 43.4 Å². The minimum absolute atomic E-state index is 0.0220. The predicted molar refractivity (Wildman–Crippen MR) is 114 cm³/mol. The number of nitrogens with one attached hydrogen (secondary N) is 1. The van der Waals surface area contributed by atoms with E-state index >= 15 is 0 Å². The van der Waals surface area contributed by atoms with E-state index in [9.17, 15) is 4.79 Å².